The molecule has 0 aliphatic heterocycles. The molecule has 0 amide bonds. The first-order chi connectivity index (χ1) is 20.1. The average molecular weight is 744 g/mol. The van der Waals surface area contributed by atoms with Gasteiger partial charge < -0.3 is 0 Å². The molecule has 0 aliphatic carbocycles. The van der Waals surface area contributed by atoms with Crippen molar-refractivity contribution in [2.75, 3.05) is 0 Å². The molecule has 0 aliphatic rings. The van der Waals surface area contributed by atoms with E-state index in [9.17, 15) is 0 Å². The Bertz CT molecular complexity index is 1360. The number of rotatable bonds is 8. The van der Waals surface area contributed by atoms with Crippen LogP contribution >= 0.6 is 20.4 Å². The van der Waals surface area contributed by atoms with Crippen molar-refractivity contribution < 1.29 is 6.68 Å². The molecule has 6 aromatic carbocycles. The van der Waals surface area contributed by atoms with E-state index >= 15 is 0 Å². The molecule has 41 heavy (non-hydrogen) atoms. The van der Waals surface area contributed by atoms with Gasteiger partial charge in [0.05, 0.1) is 0 Å². The quantitative estimate of drug-likeness (QED) is 0.187. The van der Waals surface area contributed by atoms with Crippen molar-refractivity contribution in [3.63, 3.8) is 0 Å². The van der Waals surface area contributed by atoms with Gasteiger partial charge in [-0.2, -0.15) is 0 Å². The van der Waals surface area contributed by atoms with Crippen LogP contribution in [0.4, 0.5) is 0 Å². The SMILES string of the molecule is [Cl][Ni]([Cl])([AsH](c1ccccc1)(c1ccccc1)c1ccccc1)[AsH](c1ccccc1)(c1ccccc1)c1ccccc1. The first kappa shape index (κ1) is 28.6. The van der Waals surface area contributed by atoms with Crippen molar-refractivity contribution >= 4 is 70.1 Å². The van der Waals surface area contributed by atoms with Crippen molar-refractivity contribution in [1.82, 2.24) is 0 Å². The summed E-state index contributed by atoms with van der Waals surface area (Å²) in [6, 6.07) is 65.7. The minimum absolute atomic E-state index is 1.28. The Morgan fingerprint density at radius 1 is 0.268 bits per heavy atom. The summed E-state index contributed by atoms with van der Waals surface area (Å²) < 4.78 is 7.71. The number of hydrogen-bond donors (Lipinski definition) is 0. The minimum atomic E-state index is -3.93. The number of benzene rings is 6. The summed E-state index contributed by atoms with van der Waals surface area (Å²) in [6.45, 7) is -2.65. The Morgan fingerprint density at radius 3 is 0.561 bits per heavy atom. The summed E-state index contributed by atoms with van der Waals surface area (Å²) in [5.74, 6) is 0. The van der Waals surface area contributed by atoms with Gasteiger partial charge in [0.15, 0.2) is 0 Å². The van der Waals surface area contributed by atoms with Gasteiger partial charge in [-0.3, -0.25) is 0 Å². The Hall–Kier alpha value is -2.49. The summed E-state index contributed by atoms with van der Waals surface area (Å²) in [7, 11) is 17.2. The number of halogens is 2. The zero-order chi connectivity index (χ0) is 28.2. The van der Waals surface area contributed by atoms with Crippen LogP contribution in [0.3, 0.4) is 0 Å². The normalized spacial score (nSPS) is 13.3. The van der Waals surface area contributed by atoms with Gasteiger partial charge in [0.2, 0.25) is 0 Å². The van der Waals surface area contributed by atoms with Gasteiger partial charge in [-0.15, -0.1) is 0 Å². The zero-order valence-corrected chi connectivity index (χ0v) is 29.1. The first-order valence-electron chi connectivity index (χ1n) is 13.5. The standard InChI is InChI=1S/2C18H16As.2ClH.Ni/c2*1-4-10-16(11-5-1)19(17-12-6-2-7-13-17)18-14-8-3-9-15-18;;;/h2*1-15,19H;2*1H;/q2*+1;;;/p-2. The topological polar surface area (TPSA) is 0 Å². The van der Waals surface area contributed by atoms with E-state index in [0.29, 0.717) is 0 Å². The molecule has 0 heterocycles. The van der Waals surface area contributed by atoms with Crippen LogP contribution in [0, 0.1) is 0 Å². The third kappa shape index (κ3) is 4.78. The Labute approximate surface area is 256 Å². The van der Waals surface area contributed by atoms with E-state index in [0.717, 1.165) is 0 Å². The van der Waals surface area contributed by atoms with Gasteiger partial charge in [-0.05, 0) is 0 Å². The van der Waals surface area contributed by atoms with Crippen LogP contribution in [0.1, 0.15) is 0 Å². The molecule has 0 aromatic heterocycles. The number of hydrogen-bond acceptors (Lipinski definition) is 0. The molecule has 210 valence electrons. The summed E-state index contributed by atoms with van der Waals surface area (Å²) in [5.41, 5.74) is 0. The molecule has 0 saturated heterocycles. The van der Waals surface area contributed by atoms with Crippen molar-refractivity contribution in [1.29, 1.82) is 0 Å². The molecule has 0 unspecified atom stereocenters. The van der Waals surface area contributed by atoms with Crippen LogP contribution in [0.25, 0.3) is 0 Å². The third-order valence-corrected chi connectivity index (χ3v) is 79.0. The molecule has 6 aromatic rings. The molecular formula is C36H32As2Cl2Ni. The van der Waals surface area contributed by atoms with Crippen LogP contribution in [-0.2, 0) is 6.68 Å². The van der Waals surface area contributed by atoms with Crippen molar-refractivity contribution in [2.24, 2.45) is 0 Å². The van der Waals surface area contributed by atoms with Gasteiger partial charge in [-0.25, -0.2) is 0 Å². The van der Waals surface area contributed by atoms with Crippen LogP contribution in [0.15, 0.2) is 182 Å². The monoisotopic (exact) mass is 742 g/mol. The molecule has 0 spiro atoms. The fourth-order valence-electron chi connectivity index (χ4n) is 5.81. The molecule has 0 fully saturated rings. The van der Waals surface area contributed by atoms with E-state index < -0.39 is 30.3 Å². The summed E-state index contributed by atoms with van der Waals surface area (Å²) in [5, 5.41) is 0. The summed E-state index contributed by atoms with van der Waals surface area (Å²) >= 11 is -7.87. The summed E-state index contributed by atoms with van der Waals surface area (Å²) in [6.07, 6.45) is 0. The molecule has 0 bridgehead atoms. The van der Waals surface area contributed by atoms with E-state index in [1.165, 1.54) is 26.1 Å². The summed E-state index contributed by atoms with van der Waals surface area (Å²) in [4.78, 5) is 0. The van der Waals surface area contributed by atoms with E-state index in [1.54, 1.807) is 0 Å². The van der Waals surface area contributed by atoms with Crippen molar-refractivity contribution in [2.45, 2.75) is 0 Å². The van der Waals surface area contributed by atoms with Crippen LogP contribution in [0.5, 0.6) is 0 Å². The Morgan fingerprint density at radius 2 is 0.415 bits per heavy atom. The van der Waals surface area contributed by atoms with E-state index in [4.69, 9.17) is 20.4 Å². The first-order valence-corrected chi connectivity index (χ1v) is 29.0. The molecular weight excluding hydrogens is 712 g/mol. The second kappa shape index (κ2) is 12.4. The van der Waals surface area contributed by atoms with Gasteiger partial charge in [0.1, 0.15) is 0 Å². The average Bonchev–Trinajstić information content (AvgIpc) is 3.05. The second-order valence-electron chi connectivity index (χ2n) is 9.78. The fraction of sp³-hybridized carbons (Fsp3) is 0. The maximum absolute atomic E-state index is 8.61. The van der Waals surface area contributed by atoms with Crippen LogP contribution in [-0.4, -0.2) is 23.6 Å². The van der Waals surface area contributed by atoms with E-state index in [-0.39, 0.29) is 0 Å². The van der Waals surface area contributed by atoms with Gasteiger partial charge in [-0.1, -0.05) is 0 Å². The maximum atomic E-state index is 8.61. The third-order valence-electron chi connectivity index (χ3n) is 7.52. The predicted molar refractivity (Wildman–Crippen MR) is 182 cm³/mol. The van der Waals surface area contributed by atoms with Crippen LogP contribution in [0.2, 0.25) is 0 Å². The Kier molecular flexibility index (Phi) is 8.65. The Balaban J connectivity index is 1.86. The zero-order valence-electron chi connectivity index (χ0n) is 22.4. The van der Waals surface area contributed by atoms with Crippen molar-refractivity contribution in [3.8, 4) is 0 Å². The van der Waals surface area contributed by atoms with Gasteiger partial charge >= 0.3 is 259 Å². The van der Waals surface area contributed by atoms with Gasteiger partial charge in [0, 0.05) is 0 Å². The molecule has 0 radical (unpaired) electrons. The fourth-order valence-corrected chi connectivity index (χ4v) is 99.1. The van der Waals surface area contributed by atoms with Crippen molar-refractivity contribution in [3.05, 3.63) is 182 Å². The molecule has 0 nitrogen and oxygen atoms in total. The van der Waals surface area contributed by atoms with E-state index in [1.807, 2.05) is 0 Å². The molecule has 5 heteroatoms. The molecule has 0 atom stereocenters. The van der Waals surface area contributed by atoms with Crippen LogP contribution < -0.4 is 26.1 Å². The van der Waals surface area contributed by atoms with Gasteiger partial charge in [0.25, 0.3) is 0 Å². The second-order valence-corrected chi connectivity index (χ2v) is 55.4. The molecule has 0 N–H and O–H groups in total. The molecule has 6 rings (SSSR count). The molecule has 0 saturated carbocycles. The van der Waals surface area contributed by atoms with E-state index in [2.05, 4.69) is 182 Å². The predicted octanol–water partition coefficient (Wildman–Crippen LogP) is 5.25.